The van der Waals surface area contributed by atoms with E-state index < -0.39 is 0 Å². The van der Waals surface area contributed by atoms with Gasteiger partial charge in [0.1, 0.15) is 0 Å². The van der Waals surface area contributed by atoms with Gasteiger partial charge in [0.2, 0.25) is 5.91 Å². The number of fused-ring (bicyclic) bond motifs is 1. The molecule has 1 aliphatic rings. The minimum Gasteiger partial charge on any atom is -0.337 e. The third-order valence-corrected chi connectivity index (χ3v) is 4.05. The zero-order chi connectivity index (χ0) is 13.4. The largest absolute Gasteiger partial charge is 0.337 e. The average molecular weight is 254 g/mol. The van der Waals surface area contributed by atoms with Crippen molar-refractivity contribution in [2.45, 2.75) is 24.9 Å². The van der Waals surface area contributed by atoms with Gasteiger partial charge in [0.05, 0.1) is 6.04 Å². The summed E-state index contributed by atoms with van der Waals surface area (Å²) in [4.78, 5) is 13.7. The molecule has 3 heteroatoms. The summed E-state index contributed by atoms with van der Waals surface area (Å²) in [7, 11) is 1.85. The second-order valence-electron chi connectivity index (χ2n) is 5.22. The fraction of sp³-hybridized carbons (Fsp3) is 0.312. The van der Waals surface area contributed by atoms with E-state index in [1.165, 1.54) is 10.8 Å². The molecular formula is C16H18N2O. The molecule has 3 nitrogen and oxygen atoms in total. The number of amides is 1. The van der Waals surface area contributed by atoms with E-state index in [2.05, 4.69) is 24.3 Å². The summed E-state index contributed by atoms with van der Waals surface area (Å²) < 4.78 is 0. The van der Waals surface area contributed by atoms with E-state index in [-0.39, 0.29) is 18.0 Å². The van der Waals surface area contributed by atoms with Gasteiger partial charge in [0.15, 0.2) is 0 Å². The van der Waals surface area contributed by atoms with Crippen molar-refractivity contribution in [2.24, 2.45) is 5.73 Å². The van der Waals surface area contributed by atoms with Gasteiger partial charge >= 0.3 is 0 Å². The van der Waals surface area contributed by atoms with Gasteiger partial charge in [-0.1, -0.05) is 42.5 Å². The van der Waals surface area contributed by atoms with Crippen molar-refractivity contribution in [1.29, 1.82) is 0 Å². The first kappa shape index (κ1) is 12.2. The Labute approximate surface area is 113 Å². The lowest BCUT2D eigenvalue weighted by molar-refractivity contribution is -0.135. The van der Waals surface area contributed by atoms with Crippen molar-refractivity contribution in [2.75, 3.05) is 7.05 Å². The lowest BCUT2D eigenvalue weighted by Gasteiger charge is -2.38. The number of piperidine rings is 1. The number of carbonyl (C=O) groups excluding carboxylic acids is 1. The van der Waals surface area contributed by atoms with Crippen LogP contribution < -0.4 is 5.73 Å². The molecule has 2 aromatic carbocycles. The van der Waals surface area contributed by atoms with Crippen LogP contribution in [0.3, 0.4) is 0 Å². The molecule has 1 aliphatic heterocycles. The molecule has 98 valence electrons. The number of rotatable bonds is 1. The quantitative estimate of drug-likeness (QED) is 0.849. The van der Waals surface area contributed by atoms with Gasteiger partial charge in [-0.15, -0.1) is 0 Å². The van der Waals surface area contributed by atoms with E-state index in [0.29, 0.717) is 6.42 Å². The van der Waals surface area contributed by atoms with Crippen LogP contribution >= 0.6 is 0 Å². The van der Waals surface area contributed by atoms with Gasteiger partial charge in [-0.05, 0) is 22.8 Å². The maximum absolute atomic E-state index is 11.9. The van der Waals surface area contributed by atoms with Gasteiger partial charge in [-0.25, -0.2) is 0 Å². The third-order valence-electron chi connectivity index (χ3n) is 4.05. The first-order chi connectivity index (χ1) is 9.18. The first-order valence-corrected chi connectivity index (χ1v) is 6.67. The lowest BCUT2D eigenvalue weighted by Crippen LogP contribution is -2.46. The molecule has 0 aromatic heterocycles. The molecule has 1 fully saturated rings. The second-order valence-corrected chi connectivity index (χ2v) is 5.22. The van der Waals surface area contributed by atoms with Gasteiger partial charge in [0, 0.05) is 19.5 Å². The molecule has 0 aliphatic carbocycles. The normalized spacial score (nSPS) is 23.9. The van der Waals surface area contributed by atoms with E-state index in [1.54, 1.807) is 4.90 Å². The number of nitrogens with zero attached hydrogens (tertiary/aromatic N) is 1. The third kappa shape index (κ3) is 2.00. The fourth-order valence-electron chi connectivity index (χ4n) is 3.01. The molecular weight excluding hydrogens is 236 g/mol. The molecule has 0 spiro atoms. The number of likely N-dealkylation sites (N-methyl/N-ethyl adjacent to an activating group) is 1. The first-order valence-electron chi connectivity index (χ1n) is 6.67. The number of hydrogen-bond acceptors (Lipinski definition) is 2. The summed E-state index contributed by atoms with van der Waals surface area (Å²) in [6.07, 6.45) is 1.32. The summed E-state index contributed by atoms with van der Waals surface area (Å²) in [6, 6.07) is 14.5. The second kappa shape index (κ2) is 4.67. The molecule has 2 unspecified atom stereocenters. The van der Waals surface area contributed by atoms with Gasteiger partial charge in [0.25, 0.3) is 0 Å². The minimum absolute atomic E-state index is 0.00788. The Kier molecular flexibility index (Phi) is 2.99. The van der Waals surface area contributed by atoms with Crippen molar-refractivity contribution in [3.05, 3.63) is 48.0 Å². The van der Waals surface area contributed by atoms with Crippen molar-refractivity contribution in [3.8, 4) is 0 Å². The number of likely N-dealkylation sites (tertiary alicyclic amines) is 1. The molecule has 0 bridgehead atoms. The highest BCUT2D eigenvalue weighted by molar-refractivity contribution is 5.87. The maximum Gasteiger partial charge on any atom is 0.222 e. The Morgan fingerprint density at radius 1 is 1.16 bits per heavy atom. The predicted octanol–water partition coefficient (Wildman–Crippen LogP) is 2.46. The zero-order valence-corrected chi connectivity index (χ0v) is 11.0. The van der Waals surface area contributed by atoms with Gasteiger partial charge < -0.3 is 10.6 Å². The Morgan fingerprint density at radius 3 is 2.74 bits per heavy atom. The van der Waals surface area contributed by atoms with E-state index in [0.717, 1.165) is 12.0 Å². The van der Waals surface area contributed by atoms with Crippen LogP contribution in [0.4, 0.5) is 0 Å². The van der Waals surface area contributed by atoms with E-state index in [9.17, 15) is 4.79 Å². The Morgan fingerprint density at radius 2 is 1.89 bits per heavy atom. The Hall–Kier alpha value is -1.87. The summed E-state index contributed by atoms with van der Waals surface area (Å²) >= 11 is 0. The molecule has 2 N–H and O–H groups in total. The van der Waals surface area contributed by atoms with Crippen LogP contribution in [-0.4, -0.2) is 23.9 Å². The molecule has 1 amide bonds. The van der Waals surface area contributed by atoms with Crippen LogP contribution in [0.15, 0.2) is 42.5 Å². The Bertz CT molecular complexity index is 618. The summed E-state index contributed by atoms with van der Waals surface area (Å²) in [5, 5.41) is 2.38. The number of nitrogens with two attached hydrogens (primary N) is 1. The molecule has 2 aromatic rings. The monoisotopic (exact) mass is 254 g/mol. The number of carbonyl (C=O) groups is 1. The fourth-order valence-corrected chi connectivity index (χ4v) is 3.01. The van der Waals surface area contributed by atoms with Crippen LogP contribution in [0.25, 0.3) is 10.8 Å². The highest BCUT2D eigenvalue weighted by Crippen LogP contribution is 2.33. The van der Waals surface area contributed by atoms with Crippen molar-refractivity contribution in [1.82, 2.24) is 4.90 Å². The molecule has 1 heterocycles. The zero-order valence-electron chi connectivity index (χ0n) is 11.0. The van der Waals surface area contributed by atoms with E-state index in [1.807, 2.05) is 25.2 Å². The highest BCUT2D eigenvalue weighted by atomic mass is 16.2. The summed E-state index contributed by atoms with van der Waals surface area (Å²) in [6.45, 7) is 0. The van der Waals surface area contributed by atoms with Crippen LogP contribution in [0, 0.1) is 0 Å². The van der Waals surface area contributed by atoms with Crippen LogP contribution in [0.1, 0.15) is 24.4 Å². The van der Waals surface area contributed by atoms with Crippen LogP contribution in [-0.2, 0) is 4.79 Å². The molecule has 2 atom stereocenters. The molecule has 0 saturated carbocycles. The predicted molar refractivity (Wildman–Crippen MR) is 76.7 cm³/mol. The molecule has 19 heavy (non-hydrogen) atoms. The molecule has 1 saturated heterocycles. The van der Waals surface area contributed by atoms with Crippen LogP contribution in [0.2, 0.25) is 0 Å². The number of benzene rings is 2. The van der Waals surface area contributed by atoms with Crippen molar-refractivity contribution >= 4 is 16.7 Å². The van der Waals surface area contributed by atoms with Crippen molar-refractivity contribution < 1.29 is 4.79 Å². The average Bonchev–Trinajstić information content (AvgIpc) is 2.44. The lowest BCUT2D eigenvalue weighted by atomic mass is 9.88. The highest BCUT2D eigenvalue weighted by Gasteiger charge is 2.33. The van der Waals surface area contributed by atoms with E-state index in [4.69, 9.17) is 5.73 Å². The number of hydrogen-bond donors (Lipinski definition) is 1. The Balaban J connectivity index is 2.15. The topological polar surface area (TPSA) is 46.3 Å². The van der Waals surface area contributed by atoms with Gasteiger partial charge in [-0.3, -0.25) is 4.79 Å². The van der Waals surface area contributed by atoms with Gasteiger partial charge in [-0.2, -0.15) is 0 Å². The summed E-state index contributed by atoms with van der Waals surface area (Å²) in [5.74, 6) is 0.180. The maximum atomic E-state index is 11.9. The SMILES string of the molecule is CN1C(=O)CCC(N)C1c1cccc2ccccc12. The van der Waals surface area contributed by atoms with Crippen LogP contribution in [0.5, 0.6) is 0 Å². The molecule has 0 radical (unpaired) electrons. The molecule has 3 rings (SSSR count). The van der Waals surface area contributed by atoms with E-state index >= 15 is 0 Å². The smallest absolute Gasteiger partial charge is 0.222 e. The standard InChI is InChI=1S/C16H18N2O/c1-18-15(19)10-9-14(17)16(18)13-8-4-6-11-5-2-3-7-12(11)13/h2-8,14,16H,9-10,17H2,1H3. The minimum atomic E-state index is -0.0210. The summed E-state index contributed by atoms with van der Waals surface area (Å²) in [5.41, 5.74) is 7.41. The van der Waals surface area contributed by atoms with Crippen molar-refractivity contribution in [3.63, 3.8) is 0 Å².